The number of pyridine rings is 1. The second-order valence-corrected chi connectivity index (χ2v) is 10.9. The van der Waals surface area contributed by atoms with Gasteiger partial charge in [0.25, 0.3) is 0 Å². The van der Waals surface area contributed by atoms with Gasteiger partial charge in [-0.05, 0) is 63.7 Å². The van der Waals surface area contributed by atoms with Crippen molar-refractivity contribution in [1.29, 1.82) is 0 Å². The van der Waals surface area contributed by atoms with Crippen LogP contribution in [0.5, 0.6) is 0 Å². The summed E-state index contributed by atoms with van der Waals surface area (Å²) in [4.78, 5) is 12.9. The first kappa shape index (κ1) is 26.0. The second-order valence-electron chi connectivity index (χ2n) is 10.9. The summed E-state index contributed by atoms with van der Waals surface area (Å²) in [7, 11) is 0. The number of nitrogens with one attached hydrogen (secondary N) is 2. The highest BCUT2D eigenvalue weighted by Gasteiger charge is 2.60. The van der Waals surface area contributed by atoms with E-state index in [-0.39, 0.29) is 29.3 Å². The molecule has 0 amide bonds. The minimum Gasteiger partial charge on any atom is -0.454 e. The Bertz CT molecular complexity index is 1420. The fourth-order valence-corrected chi connectivity index (χ4v) is 5.51. The Morgan fingerprint density at radius 2 is 2.00 bits per heavy atom. The molecule has 3 aromatic heterocycles. The third kappa shape index (κ3) is 4.85. The smallest absolute Gasteiger partial charge is 0.433 e. The van der Waals surface area contributed by atoms with Crippen LogP contribution in [0.1, 0.15) is 50.9 Å². The van der Waals surface area contributed by atoms with Crippen LogP contribution in [0.25, 0.3) is 28.4 Å². The highest BCUT2D eigenvalue weighted by Crippen LogP contribution is 2.50. The molecule has 0 radical (unpaired) electrons. The van der Waals surface area contributed by atoms with E-state index in [1.165, 1.54) is 6.07 Å². The van der Waals surface area contributed by atoms with E-state index in [0.29, 0.717) is 41.8 Å². The van der Waals surface area contributed by atoms with Crippen LogP contribution >= 0.6 is 0 Å². The number of hydrogen-bond acceptors (Lipinski definition) is 9. The predicted octanol–water partition coefficient (Wildman–Crippen LogP) is 5.43. The molecule has 2 aliphatic carbocycles. The number of rotatable bonds is 8. The summed E-state index contributed by atoms with van der Waals surface area (Å²) in [6.45, 7) is 8.20. The standard InChI is InChI=1S/C27H30F3N5O4/c1-4-17-21(18-9-16-10-20(27(28,29)30)31-12-19(16)37-18)23(34-24(33-17)32-11-14-5-6-14)35-26-8-7-15(13-36)22(26)38-25(2,3)39-26/h4,9-10,12,14-15,22,36H,1,5-8,11,13H2,2-3H3,(H2,32,33,34,35)/t15-,22-,26-/m1/s1. The van der Waals surface area contributed by atoms with Gasteiger partial charge in [0.2, 0.25) is 5.95 Å². The fourth-order valence-electron chi connectivity index (χ4n) is 5.51. The molecule has 1 aliphatic heterocycles. The molecule has 3 aliphatic rings. The summed E-state index contributed by atoms with van der Waals surface area (Å²) >= 11 is 0. The lowest BCUT2D eigenvalue weighted by Gasteiger charge is -2.31. The van der Waals surface area contributed by atoms with Crippen molar-refractivity contribution in [3.05, 3.63) is 36.3 Å². The van der Waals surface area contributed by atoms with Gasteiger partial charge in [-0.2, -0.15) is 18.2 Å². The summed E-state index contributed by atoms with van der Waals surface area (Å²) in [5.41, 5.74) is -0.975. The van der Waals surface area contributed by atoms with Crippen molar-refractivity contribution < 1.29 is 32.2 Å². The lowest BCUT2D eigenvalue weighted by molar-refractivity contribution is -0.168. The van der Waals surface area contributed by atoms with Crippen molar-refractivity contribution in [1.82, 2.24) is 15.0 Å². The Kier molecular flexibility index (Phi) is 6.12. The number of furan rings is 1. The van der Waals surface area contributed by atoms with E-state index in [1.54, 1.807) is 6.08 Å². The largest absolute Gasteiger partial charge is 0.454 e. The van der Waals surface area contributed by atoms with Gasteiger partial charge in [-0.15, -0.1) is 0 Å². The molecule has 1 saturated heterocycles. The summed E-state index contributed by atoms with van der Waals surface area (Å²) in [5, 5.41) is 17.0. The molecule has 208 valence electrons. The Labute approximate surface area is 222 Å². The molecule has 2 saturated carbocycles. The van der Waals surface area contributed by atoms with Gasteiger partial charge in [-0.1, -0.05) is 6.58 Å². The Balaban J connectivity index is 1.46. The van der Waals surface area contributed by atoms with Gasteiger partial charge in [0.05, 0.1) is 17.5 Å². The summed E-state index contributed by atoms with van der Waals surface area (Å²) in [5.74, 6) is 0.493. The number of aromatic nitrogens is 3. The zero-order valence-electron chi connectivity index (χ0n) is 21.6. The van der Waals surface area contributed by atoms with Crippen molar-refractivity contribution in [2.75, 3.05) is 23.8 Å². The first-order chi connectivity index (χ1) is 18.5. The average molecular weight is 546 g/mol. The number of aliphatic hydroxyl groups is 1. The van der Waals surface area contributed by atoms with Crippen molar-refractivity contribution >= 4 is 28.8 Å². The number of fused-ring (bicyclic) bond motifs is 2. The molecule has 0 bridgehead atoms. The van der Waals surface area contributed by atoms with Gasteiger partial charge < -0.3 is 29.6 Å². The van der Waals surface area contributed by atoms with E-state index in [2.05, 4.69) is 27.2 Å². The first-order valence-corrected chi connectivity index (χ1v) is 13.0. The number of halogens is 3. The molecule has 0 unspecified atom stereocenters. The SMILES string of the molecule is C=Cc1nc(NCC2CC2)nc(N[C@@]23CC[C@H](CO)[C@H]2OC(C)(C)O3)c1-c1cc2cc(C(F)(F)F)ncc2o1. The normalized spacial score (nSPS) is 26.1. The van der Waals surface area contributed by atoms with Crippen LogP contribution in [0.4, 0.5) is 24.9 Å². The maximum Gasteiger partial charge on any atom is 0.433 e. The van der Waals surface area contributed by atoms with E-state index in [9.17, 15) is 18.3 Å². The molecule has 3 fully saturated rings. The van der Waals surface area contributed by atoms with E-state index in [4.69, 9.17) is 18.9 Å². The van der Waals surface area contributed by atoms with Crippen LogP contribution in [0, 0.1) is 11.8 Å². The van der Waals surface area contributed by atoms with Crippen LogP contribution in [-0.2, 0) is 15.7 Å². The quantitative estimate of drug-likeness (QED) is 0.341. The highest BCUT2D eigenvalue weighted by atomic mass is 19.4. The maximum atomic E-state index is 13.3. The molecule has 39 heavy (non-hydrogen) atoms. The first-order valence-electron chi connectivity index (χ1n) is 13.0. The zero-order valence-corrected chi connectivity index (χ0v) is 21.6. The Morgan fingerprint density at radius 3 is 2.69 bits per heavy atom. The van der Waals surface area contributed by atoms with Gasteiger partial charge in [0, 0.05) is 24.5 Å². The van der Waals surface area contributed by atoms with E-state index in [1.807, 2.05) is 13.8 Å². The molecule has 4 heterocycles. The fraction of sp³-hybridized carbons (Fsp3) is 0.519. The summed E-state index contributed by atoms with van der Waals surface area (Å²) in [6, 6.07) is 2.46. The van der Waals surface area contributed by atoms with E-state index in [0.717, 1.165) is 31.6 Å². The maximum absolute atomic E-state index is 13.3. The number of aliphatic hydroxyl groups excluding tert-OH is 1. The number of anilines is 2. The second kappa shape index (κ2) is 9.17. The topological polar surface area (TPSA) is 115 Å². The van der Waals surface area contributed by atoms with E-state index < -0.39 is 29.5 Å². The van der Waals surface area contributed by atoms with Crippen LogP contribution in [0.3, 0.4) is 0 Å². The number of hydrogen-bond donors (Lipinski definition) is 3. The number of ether oxygens (including phenoxy) is 2. The van der Waals surface area contributed by atoms with Gasteiger partial charge in [-0.25, -0.2) is 9.97 Å². The minimum absolute atomic E-state index is 0.0611. The molecule has 12 heteroatoms. The third-order valence-corrected chi connectivity index (χ3v) is 7.49. The molecule has 3 aromatic rings. The van der Waals surface area contributed by atoms with Gasteiger partial charge in [0.15, 0.2) is 17.1 Å². The van der Waals surface area contributed by atoms with Crippen LogP contribution in [-0.4, -0.2) is 50.8 Å². The van der Waals surface area contributed by atoms with E-state index >= 15 is 0 Å². The van der Waals surface area contributed by atoms with Crippen LogP contribution in [0.2, 0.25) is 0 Å². The highest BCUT2D eigenvalue weighted by molar-refractivity contribution is 5.88. The lowest BCUT2D eigenvalue weighted by Crippen LogP contribution is -2.46. The minimum atomic E-state index is -4.59. The lowest BCUT2D eigenvalue weighted by atomic mass is 10.0. The van der Waals surface area contributed by atoms with Gasteiger partial charge >= 0.3 is 6.18 Å². The van der Waals surface area contributed by atoms with Crippen LogP contribution < -0.4 is 10.6 Å². The van der Waals surface area contributed by atoms with Crippen molar-refractivity contribution in [2.45, 2.75) is 63.3 Å². The molecule has 9 nitrogen and oxygen atoms in total. The molecule has 3 N–H and O–H groups in total. The molecule has 6 rings (SSSR count). The predicted molar refractivity (Wildman–Crippen MR) is 138 cm³/mol. The van der Waals surface area contributed by atoms with Crippen molar-refractivity contribution in [3.8, 4) is 11.3 Å². The van der Waals surface area contributed by atoms with Crippen molar-refractivity contribution in [2.24, 2.45) is 11.8 Å². The molecular weight excluding hydrogens is 515 g/mol. The molecule has 3 atom stereocenters. The zero-order chi connectivity index (χ0) is 27.6. The Hall–Kier alpha value is -3.22. The number of alkyl halides is 3. The van der Waals surface area contributed by atoms with Crippen LogP contribution in [0.15, 0.2) is 29.3 Å². The van der Waals surface area contributed by atoms with Gasteiger partial charge in [-0.3, -0.25) is 0 Å². The molecule has 0 aromatic carbocycles. The average Bonchev–Trinajstić information content (AvgIpc) is 3.44. The summed E-state index contributed by atoms with van der Waals surface area (Å²) < 4.78 is 58.5. The van der Waals surface area contributed by atoms with Gasteiger partial charge in [0.1, 0.15) is 23.4 Å². The molecular formula is C27H30F3N5O4. The Morgan fingerprint density at radius 1 is 1.21 bits per heavy atom. The van der Waals surface area contributed by atoms with Crippen molar-refractivity contribution in [3.63, 3.8) is 0 Å². The number of nitrogens with zero attached hydrogens (tertiary/aromatic N) is 3. The molecule has 0 spiro atoms. The monoisotopic (exact) mass is 545 g/mol. The summed E-state index contributed by atoms with van der Waals surface area (Å²) in [6.07, 6.45) is 1.07. The third-order valence-electron chi connectivity index (χ3n) is 7.49.